The van der Waals surface area contributed by atoms with Crippen LogP contribution in [0.1, 0.15) is 58.9 Å². The lowest BCUT2D eigenvalue weighted by Gasteiger charge is -2.36. The first-order valence-corrected chi connectivity index (χ1v) is 13.3. The monoisotopic (exact) mass is 516 g/mol. The van der Waals surface area contributed by atoms with Crippen LogP contribution in [0.4, 0.5) is 10.1 Å². The molecule has 0 bridgehead atoms. The highest BCUT2D eigenvalue weighted by Crippen LogP contribution is 2.26. The number of benzene rings is 1. The summed E-state index contributed by atoms with van der Waals surface area (Å²) >= 11 is 0. The molecule has 2 aliphatic rings. The first-order valence-electron chi connectivity index (χ1n) is 13.3. The molecule has 1 aromatic carbocycles. The highest BCUT2D eigenvalue weighted by Gasteiger charge is 2.26. The molecule has 7 nitrogen and oxygen atoms in total. The van der Waals surface area contributed by atoms with Gasteiger partial charge in [-0.1, -0.05) is 32.1 Å². The lowest BCUT2D eigenvalue weighted by molar-refractivity contribution is -0.151. The van der Waals surface area contributed by atoms with Crippen LogP contribution in [-0.2, 0) is 14.3 Å². The van der Waals surface area contributed by atoms with Gasteiger partial charge in [0.15, 0.2) is 0 Å². The largest absolute Gasteiger partial charge is 0.457 e. The zero-order valence-electron chi connectivity index (χ0n) is 22.4. The fourth-order valence-corrected chi connectivity index (χ4v) is 4.98. The zero-order valence-corrected chi connectivity index (χ0v) is 22.4. The van der Waals surface area contributed by atoms with Crippen LogP contribution in [0.3, 0.4) is 0 Å². The Morgan fingerprint density at radius 2 is 1.86 bits per heavy atom. The van der Waals surface area contributed by atoms with E-state index in [9.17, 15) is 24.2 Å². The van der Waals surface area contributed by atoms with Crippen LogP contribution in [-0.4, -0.2) is 71.5 Å². The number of aliphatic hydroxyl groups excluding tert-OH is 2. The summed E-state index contributed by atoms with van der Waals surface area (Å²) in [5, 5.41) is 19.8. The quantitative estimate of drug-likeness (QED) is 0.466. The maximum atomic E-state index is 14.6. The Labute approximate surface area is 219 Å². The van der Waals surface area contributed by atoms with Gasteiger partial charge in [-0.2, -0.15) is 0 Å². The van der Waals surface area contributed by atoms with Gasteiger partial charge in [0, 0.05) is 37.8 Å². The van der Waals surface area contributed by atoms with Crippen molar-refractivity contribution in [3.8, 4) is 0 Å². The van der Waals surface area contributed by atoms with Crippen molar-refractivity contribution in [2.24, 2.45) is 11.8 Å². The minimum atomic E-state index is -1.03. The number of ether oxygens (including phenoxy) is 1. The van der Waals surface area contributed by atoms with Crippen LogP contribution < -0.4 is 4.90 Å². The molecular weight excluding hydrogens is 475 g/mol. The third kappa shape index (κ3) is 8.40. The Balaban J connectivity index is 1.79. The second-order valence-corrected chi connectivity index (χ2v) is 10.6. The van der Waals surface area contributed by atoms with Crippen molar-refractivity contribution in [3.63, 3.8) is 0 Å². The number of rotatable bonds is 4. The number of esters is 1. The van der Waals surface area contributed by atoms with Crippen molar-refractivity contribution in [3.05, 3.63) is 47.3 Å². The fraction of sp³-hybridized carbons (Fsp3) is 0.586. The van der Waals surface area contributed by atoms with Crippen LogP contribution in [0.2, 0.25) is 0 Å². The van der Waals surface area contributed by atoms with Crippen LogP contribution >= 0.6 is 0 Å². The lowest BCUT2D eigenvalue weighted by Crippen LogP contribution is -2.51. The van der Waals surface area contributed by atoms with E-state index in [1.54, 1.807) is 4.90 Å². The van der Waals surface area contributed by atoms with Crippen molar-refractivity contribution in [1.29, 1.82) is 0 Å². The van der Waals surface area contributed by atoms with Gasteiger partial charge in [-0.05, 0) is 68.4 Å². The lowest BCUT2D eigenvalue weighted by atomic mass is 9.93. The molecule has 2 aliphatic heterocycles. The number of halogens is 1. The molecule has 2 N–H and O–H groups in total. The molecular formula is C29H41FN2O5. The topological polar surface area (TPSA) is 90.3 Å². The molecule has 1 saturated heterocycles. The molecule has 0 spiro atoms. The number of aliphatic hydroxyl groups is 2. The number of carbonyl (C=O) groups excluding carboxylic acids is 2. The summed E-state index contributed by atoms with van der Waals surface area (Å²) < 4.78 is 20.4. The second-order valence-electron chi connectivity index (χ2n) is 10.6. The van der Waals surface area contributed by atoms with Crippen molar-refractivity contribution < 1.29 is 28.9 Å². The molecule has 5 atom stereocenters. The Morgan fingerprint density at radius 3 is 2.54 bits per heavy atom. The zero-order chi connectivity index (χ0) is 27.1. The third-order valence-corrected chi connectivity index (χ3v) is 7.17. The molecule has 0 aromatic heterocycles. The van der Waals surface area contributed by atoms with E-state index >= 15 is 0 Å². The SMILES string of the molecule is C/C(=C\c1cc(F)cc(N2CCN(C(=O)[C@@H](C)O)CC2)c1)[C@H]1OC(=O)C[C@H](O)CC[C@H](C)C/C=C/[C@@H]1C. The van der Waals surface area contributed by atoms with Crippen molar-refractivity contribution in [2.75, 3.05) is 31.1 Å². The summed E-state index contributed by atoms with van der Waals surface area (Å²) in [6.45, 7) is 9.44. The van der Waals surface area contributed by atoms with Crippen LogP contribution in [0.25, 0.3) is 6.08 Å². The fourth-order valence-electron chi connectivity index (χ4n) is 4.98. The minimum absolute atomic E-state index is 0.0411. The number of hydrogen-bond donors (Lipinski definition) is 2. The van der Waals surface area contributed by atoms with Crippen molar-refractivity contribution in [1.82, 2.24) is 4.90 Å². The number of amides is 1. The first-order chi connectivity index (χ1) is 17.5. The normalized spacial score (nSPS) is 28.1. The molecule has 2 heterocycles. The molecule has 0 aliphatic carbocycles. The number of nitrogens with zero attached hydrogens (tertiary/aromatic N) is 2. The Hall–Kier alpha value is -2.71. The van der Waals surface area contributed by atoms with Crippen LogP contribution in [0.5, 0.6) is 0 Å². The average Bonchev–Trinajstić information content (AvgIpc) is 2.84. The Bertz CT molecular complexity index is 1000. The Kier molecular flexibility index (Phi) is 10.3. The number of piperazine rings is 1. The maximum absolute atomic E-state index is 14.6. The van der Waals surface area contributed by atoms with Gasteiger partial charge in [-0.25, -0.2) is 4.39 Å². The van der Waals surface area contributed by atoms with E-state index in [1.165, 1.54) is 19.1 Å². The van der Waals surface area contributed by atoms with E-state index in [0.717, 1.165) is 18.4 Å². The van der Waals surface area contributed by atoms with E-state index in [1.807, 2.05) is 30.9 Å². The number of hydrogen-bond acceptors (Lipinski definition) is 6. The maximum Gasteiger partial charge on any atom is 0.309 e. The molecule has 3 rings (SSSR count). The summed E-state index contributed by atoms with van der Waals surface area (Å²) in [7, 11) is 0. The van der Waals surface area contributed by atoms with Crippen LogP contribution in [0, 0.1) is 17.7 Å². The number of allylic oxidation sites excluding steroid dienone is 1. The Morgan fingerprint density at radius 1 is 1.16 bits per heavy atom. The van der Waals surface area contributed by atoms with E-state index in [-0.39, 0.29) is 24.1 Å². The van der Waals surface area contributed by atoms with Crippen LogP contribution in [0.15, 0.2) is 35.9 Å². The van der Waals surface area contributed by atoms with Gasteiger partial charge in [0.1, 0.15) is 18.0 Å². The molecule has 0 radical (unpaired) electrons. The molecule has 37 heavy (non-hydrogen) atoms. The van der Waals surface area contributed by atoms with E-state index in [0.29, 0.717) is 49.8 Å². The van der Waals surface area contributed by atoms with Gasteiger partial charge >= 0.3 is 5.97 Å². The molecule has 1 fully saturated rings. The standard InChI is InChI=1S/C29H41FN2O5/c1-19-6-5-7-20(2)28(37-27(35)18-26(34)9-8-19)21(3)14-23-15-24(30)17-25(16-23)31-10-12-32(13-11-31)29(36)22(4)33/h5,7,14-17,19-20,22,26,28,33-34H,6,8-13,18H2,1-4H3/b7-5+,21-14+/t19-,20+,22-,26-,28+/m1/s1. The minimum Gasteiger partial charge on any atom is -0.457 e. The van der Waals surface area contributed by atoms with Gasteiger partial charge in [0.2, 0.25) is 0 Å². The summed E-state index contributed by atoms with van der Waals surface area (Å²) in [5.41, 5.74) is 2.15. The third-order valence-electron chi connectivity index (χ3n) is 7.17. The second kappa shape index (κ2) is 13.2. The predicted octanol–water partition coefficient (Wildman–Crippen LogP) is 3.93. The van der Waals surface area contributed by atoms with E-state index < -0.39 is 24.3 Å². The smallest absolute Gasteiger partial charge is 0.309 e. The molecule has 1 aromatic rings. The van der Waals surface area contributed by atoms with Gasteiger partial charge in [-0.3, -0.25) is 9.59 Å². The summed E-state index contributed by atoms with van der Waals surface area (Å²) in [6.07, 6.45) is 5.99. The van der Waals surface area contributed by atoms with Crippen molar-refractivity contribution >= 4 is 23.6 Å². The molecule has 1 amide bonds. The van der Waals surface area contributed by atoms with Gasteiger partial charge in [0.25, 0.3) is 5.91 Å². The van der Waals surface area contributed by atoms with Gasteiger partial charge < -0.3 is 24.7 Å². The predicted molar refractivity (Wildman–Crippen MR) is 142 cm³/mol. The molecule has 0 saturated carbocycles. The molecule has 8 heteroatoms. The highest BCUT2D eigenvalue weighted by molar-refractivity contribution is 5.80. The molecule has 0 unspecified atom stereocenters. The highest BCUT2D eigenvalue weighted by atomic mass is 19.1. The van der Waals surface area contributed by atoms with E-state index in [2.05, 4.69) is 19.1 Å². The van der Waals surface area contributed by atoms with E-state index in [4.69, 9.17) is 4.74 Å². The van der Waals surface area contributed by atoms with Gasteiger partial charge in [0.05, 0.1) is 12.5 Å². The number of carbonyl (C=O) groups is 2. The average molecular weight is 517 g/mol. The number of cyclic esters (lactones) is 1. The first kappa shape index (κ1) is 28.9. The summed E-state index contributed by atoms with van der Waals surface area (Å²) in [6, 6.07) is 4.81. The molecule has 204 valence electrons. The summed E-state index contributed by atoms with van der Waals surface area (Å²) in [4.78, 5) is 28.3. The van der Waals surface area contributed by atoms with Gasteiger partial charge in [-0.15, -0.1) is 0 Å². The van der Waals surface area contributed by atoms with Crippen molar-refractivity contribution in [2.45, 2.75) is 71.7 Å². The number of anilines is 1. The summed E-state index contributed by atoms with van der Waals surface area (Å²) in [5.74, 6) is -0.782.